The fourth-order valence-corrected chi connectivity index (χ4v) is 3.19. The van der Waals surface area contributed by atoms with Gasteiger partial charge in [-0.2, -0.15) is 0 Å². The van der Waals surface area contributed by atoms with Gasteiger partial charge in [-0.05, 0) is 36.7 Å². The second-order valence-electron chi connectivity index (χ2n) is 4.91. The molecular weight excluding hydrogens is 278 g/mol. The molecule has 2 aromatic carbocycles. The van der Waals surface area contributed by atoms with Crippen LogP contribution < -0.4 is 10.1 Å². The monoisotopic (exact) mass is 301 g/mol. The van der Waals surface area contributed by atoms with Crippen LogP contribution in [0.3, 0.4) is 0 Å². The van der Waals surface area contributed by atoms with Gasteiger partial charge in [0.2, 0.25) is 0 Å². The largest absolute Gasteiger partial charge is 0.497 e. The van der Waals surface area contributed by atoms with Crippen molar-refractivity contribution in [2.45, 2.75) is 24.3 Å². The summed E-state index contributed by atoms with van der Waals surface area (Å²) in [7, 11) is 1.71. The Morgan fingerprint density at radius 2 is 1.90 bits per heavy atom. The van der Waals surface area contributed by atoms with E-state index in [1.54, 1.807) is 7.11 Å². The zero-order chi connectivity index (χ0) is 14.9. The molecule has 21 heavy (non-hydrogen) atoms. The van der Waals surface area contributed by atoms with E-state index in [0.29, 0.717) is 6.04 Å². The van der Waals surface area contributed by atoms with Gasteiger partial charge in [0.1, 0.15) is 5.75 Å². The molecule has 0 aliphatic heterocycles. The topological polar surface area (TPSA) is 21.3 Å². The smallest absolute Gasteiger partial charge is 0.119 e. The maximum atomic E-state index is 5.28. The second kappa shape index (κ2) is 8.75. The molecule has 112 valence electrons. The average molecular weight is 301 g/mol. The van der Waals surface area contributed by atoms with E-state index in [1.165, 1.54) is 10.5 Å². The molecule has 1 atom stereocenters. The highest BCUT2D eigenvalue weighted by molar-refractivity contribution is 7.99. The number of methoxy groups -OCH3 is 1. The van der Waals surface area contributed by atoms with E-state index in [1.807, 2.05) is 23.9 Å². The summed E-state index contributed by atoms with van der Waals surface area (Å²) in [4.78, 5) is 1.24. The van der Waals surface area contributed by atoms with Crippen LogP contribution in [0.25, 0.3) is 0 Å². The zero-order valence-corrected chi connectivity index (χ0v) is 13.5. The standard InChI is InChI=1S/C18H23NOS/c1-3-12-19-18(15-8-5-4-6-9-15)14-21-17-11-7-10-16(13-17)20-2/h4-11,13,18-19H,3,12,14H2,1-2H3. The van der Waals surface area contributed by atoms with E-state index in [0.717, 1.165) is 24.5 Å². The summed E-state index contributed by atoms with van der Waals surface area (Å²) < 4.78 is 5.28. The van der Waals surface area contributed by atoms with Crippen molar-refractivity contribution in [1.29, 1.82) is 0 Å². The molecule has 0 aliphatic carbocycles. The van der Waals surface area contributed by atoms with Gasteiger partial charge in [0, 0.05) is 16.7 Å². The molecule has 0 aliphatic rings. The summed E-state index contributed by atoms with van der Waals surface area (Å²) in [6.45, 7) is 3.24. The first-order valence-electron chi connectivity index (χ1n) is 7.38. The average Bonchev–Trinajstić information content (AvgIpc) is 2.56. The number of rotatable bonds is 8. The van der Waals surface area contributed by atoms with Crippen LogP contribution in [0.1, 0.15) is 24.9 Å². The molecule has 0 spiro atoms. The van der Waals surface area contributed by atoms with Crippen LogP contribution in [0.2, 0.25) is 0 Å². The van der Waals surface area contributed by atoms with Crippen LogP contribution in [0.5, 0.6) is 5.75 Å². The fourth-order valence-electron chi connectivity index (χ4n) is 2.15. The number of hydrogen-bond acceptors (Lipinski definition) is 3. The van der Waals surface area contributed by atoms with Crippen LogP contribution >= 0.6 is 11.8 Å². The first-order chi connectivity index (χ1) is 10.3. The quantitative estimate of drug-likeness (QED) is 0.724. The number of thioether (sulfide) groups is 1. The molecule has 0 radical (unpaired) electrons. The summed E-state index contributed by atoms with van der Waals surface area (Å²) in [6.07, 6.45) is 1.15. The van der Waals surface area contributed by atoms with Gasteiger partial charge in [-0.25, -0.2) is 0 Å². The van der Waals surface area contributed by atoms with E-state index in [2.05, 4.69) is 54.7 Å². The normalized spacial score (nSPS) is 12.1. The molecule has 3 heteroatoms. The summed E-state index contributed by atoms with van der Waals surface area (Å²) in [6, 6.07) is 19.3. The Balaban J connectivity index is 2.01. The summed E-state index contributed by atoms with van der Waals surface area (Å²) in [5.41, 5.74) is 1.35. The van der Waals surface area contributed by atoms with E-state index >= 15 is 0 Å². The van der Waals surface area contributed by atoms with Crippen molar-refractivity contribution in [3.63, 3.8) is 0 Å². The lowest BCUT2D eigenvalue weighted by molar-refractivity contribution is 0.413. The molecule has 0 bridgehead atoms. The minimum Gasteiger partial charge on any atom is -0.497 e. The lowest BCUT2D eigenvalue weighted by Gasteiger charge is -2.18. The molecule has 0 saturated heterocycles. The van der Waals surface area contributed by atoms with E-state index in [-0.39, 0.29) is 0 Å². The summed E-state index contributed by atoms with van der Waals surface area (Å²) >= 11 is 1.86. The molecular formula is C18H23NOS. The van der Waals surface area contributed by atoms with Crippen molar-refractivity contribution in [1.82, 2.24) is 5.32 Å². The van der Waals surface area contributed by atoms with Gasteiger partial charge in [0.25, 0.3) is 0 Å². The van der Waals surface area contributed by atoms with Crippen LogP contribution in [-0.4, -0.2) is 19.4 Å². The molecule has 1 N–H and O–H groups in total. The fraction of sp³-hybridized carbons (Fsp3) is 0.333. The van der Waals surface area contributed by atoms with E-state index in [9.17, 15) is 0 Å². The van der Waals surface area contributed by atoms with Gasteiger partial charge in [0.15, 0.2) is 0 Å². The molecule has 2 aromatic rings. The SMILES string of the molecule is CCCNC(CSc1cccc(OC)c1)c1ccccc1. The Labute approximate surface area is 131 Å². The Kier molecular flexibility index (Phi) is 6.64. The highest BCUT2D eigenvalue weighted by atomic mass is 32.2. The number of ether oxygens (including phenoxy) is 1. The predicted molar refractivity (Wildman–Crippen MR) is 91.2 cm³/mol. The van der Waals surface area contributed by atoms with Gasteiger partial charge in [-0.3, -0.25) is 0 Å². The first kappa shape index (κ1) is 15.9. The molecule has 2 rings (SSSR count). The minimum atomic E-state index is 0.377. The van der Waals surface area contributed by atoms with Gasteiger partial charge in [-0.1, -0.05) is 43.3 Å². The predicted octanol–water partition coefficient (Wildman–Crippen LogP) is 4.53. The molecule has 0 fully saturated rings. The van der Waals surface area contributed by atoms with Crippen LogP contribution in [-0.2, 0) is 0 Å². The maximum Gasteiger partial charge on any atom is 0.119 e. The lowest BCUT2D eigenvalue weighted by atomic mass is 10.1. The van der Waals surface area contributed by atoms with E-state index in [4.69, 9.17) is 4.74 Å². The van der Waals surface area contributed by atoms with Crippen LogP contribution in [0, 0.1) is 0 Å². The van der Waals surface area contributed by atoms with Crippen molar-refractivity contribution in [2.75, 3.05) is 19.4 Å². The van der Waals surface area contributed by atoms with Gasteiger partial charge in [0.05, 0.1) is 7.11 Å². The molecule has 2 nitrogen and oxygen atoms in total. The molecule has 1 unspecified atom stereocenters. The summed E-state index contributed by atoms with van der Waals surface area (Å²) in [5, 5.41) is 3.63. The minimum absolute atomic E-state index is 0.377. The molecule has 0 aromatic heterocycles. The van der Waals surface area contributed by atoms with Crippen molar-refractivity contribution in [2.24, 2.45) is 0 Å². The Morgan fingerprint density at radius 3 is 2.62 bits per heavy atom. The van der Waals surface area contributed by atoms with E-state index < -0.39 is 0 Å². The molecule has 0 amide bonds. The highest BCUT2D eigenvalue weighted by Crippen LogP contribution is 2.27. The van der Waals surface area contributed by atoms with Crippen LogP contribution in [0.4, 0.5) is 0 Å². The Hall–Kier alpha value is -1.45. The Morgan fingerprint density at radius 1 is 1.10 bits per heavy atom. The molecule has 0 heterocycles. The third kappa shape index (κ3) is 5.10. The van der Waals surface area contributed by atoms with Gasteiger partial charge < -0.3 is 10.1 Å². The van der Waals surface area contributed by atoms with Crippen molar-refractivity contribution in [3.05, 3.63) is 60.2 Å². The maximum absolute atomic E-state index is 5.28. The zero-order valence-electron chi connectivity index (χ0n) is 12.7. The van der Waals surface area contributed by atoms with Crippen molar-refractivity contribution in [3.8, 4) is 5.75 Å². The third-order valence-electron chi connectivity index (χ3n) is 3.30. The first-order valence-corrected chi connectivity index (χ1v) is 8.37. The van der Waals surface area contributed by atoms with Gasteiger partial charge >= 0.3 is 0 Å². The number of benzene rings is 2. The van der Waals surface area contributed by atoms with Gasteiger partial charge in [-0.15, -0.1) is 11.8 Å². The lowest BCUT2D eigenvalue weighted by Crippen LogP contribution is -2.24. The number of nitrogens with one attached hydrogen (secondary N) is 1. The number of hydrogen-bond donors (Lipinski definition) is 1. The van der Waals surface area contributed by atoms with Crippen molar-refractivity contribution < 1.29 is 4.74 Å². The highest BCUT2D eigenvalue weighted by Gasteiger charge is 2.11. The third-order valence-corrected chi connectivity index (χ3v) is 4.39. The Bertz CT molecular complexity index is 530. The summed E-state index contributed by atoms with van der Waals surface area (Å²) in [5.74, 6) is 1.93. The molecule has 0 saturated carbocycles. The second-order valence-corrected chi connectivity index (χ2v) is 6.00. The van der Waals surface area contributed by atoms with Crippen LogP contribution in [0.15, 0.2) is 59.5 Å². The van der Waals surface area contributed by atoms with Crippen molar-refractivity contribution >= 4 is 11.8 Å².